The Morgan fingerprint density at radius 1 is 0.509 bits per heavy atom. The van der Waals surface area contributed by atoms with Gasteiger partial charge in [0.1, 0.15) is 0 Å². The molecule has 3 nitrogen and oxygen atoms in total. The monoisotopic (exact) mass is 696 g/mol. The number of hydrogen-bond donors (Lipinski definition) is 0. The summed E-state index contributed by atoms with van der Waals surface area (Å²) in [6, 6.07) is 58.1. The van der Waals surface area contributed by atoms with E-state index in [1.807, 2.05) is 36.0 Å². The molecule has 0 fully saturated rings. The molecular formula is C49H32N2OS. The third-order valence-electron chi connectivity index (χ3n) is 11.1. The minimum atomic E-state index is 0.0393. The molecule has 0 radical (unpaired) electrons. The van der Waals surface area contributed by atoms with E-state index in [1.165, 1.54) is 49.0 Å². The molecule has 2 aliphatic carbocycles. The fraction of sp³-hybridized carbons (Fsp3) is 0.0408. The third kappa shape index (κ3) is 4.66. The molecule has 0 spiro atoms. The summed E-state index contributed by atoms with van der Waals surface area (Å²) in [4.78, 5) is 21.5. The highest BCUT2D eigenvalue weighted by Crippen LogP contribution is 2.55. The summed E-state index contributed by atoms with van der Waals surface area (Å²) >= 11 is 1.83. The van der Waals surface area contributed by atoms with Crippen molar-refractivity contribution in [3.63, 3.8) is 0 Å². The molecule has 0 N–H and O–H groups in total. The highest BCUT2D eigenvalue weighted by molar-refractivity contribution is 7.99. The highest BCUT2D eigenvalue weighted by Gasteiger charge is 2.43. The van der Waals surface area contributed by atoms with Gasteiger partial charge in [0.2, 0.25) is 0 Å². The van der Waals surface area contributed by atoms with Crippen LogP contribution in [0.25, 0.3) is 27.8 Å². The zero-order chi connectivity index (χ0) is 35.0. The number of fused-ring (bicyclic) bond motifs is 9. The van der Waals surface area contributed by atoms with E-state index >= 15 is 0 Å². The van der Waals surface area contributed by atoms with Crippen molar-refractivity contribution >= 4 is 51.6 Å². The Morgan fingerprint density at radius 2 is 1.11 bits per heavy atom. The molecule has 0 saturated heterocycles. The molecule has 250 valence electrons. The largest absolute Gasteiger partial charge is 0.333 e. The molecular weight excluding hydrogens is 665 g/mol. The van der Waals surface area contributed by atoms with Crippen molar-refractivity contribution in [1.82, 2.24) is 0 Å². The number of carbonyl (C=O) groups is 1. The van der Waals surface area contributed by atoms with Crippen LogP contribution in [0.3, 0.4) is 0 Å². The molecule has 0 aromatic heterocycles. The Balaban J connectivity index is 0.994. The Hall–Kier alpha value is -6.36. The van der Waals surface area contributed by atoms with Crippen LogP contribution in [0.5, 0.6) is 0 Å². The Kier molecular flexibility index (Phi) is 6.77. The van der Waals surface area contributed by atoms with E-state index in [0.29, 0.717) is 0 Å². The first-order chi connectivity index (χ1) is 26.2. The molecule has 2 atom stereocenters. The van der Waals surface area contributed by atoms with Crippen LogP contribution < -0.4 is 9.80 Å². The predicted molar refractivity (Wildman–Crippen MR) is 218 cm³/mol. The van der Waals surface area contributed by atoms with Gasteiger partial charge in [-0.3, -0.25) is 4.79 Å². The highest BCUT2D eigenvalue weighted by atomic mass is 32.2. The van der Waals surface area contributed by atoms with E-state index in [1.54, 1.807) is 0 Å². The van der Waals surface area contributed by atoms with Crippen LogP contribution in [0.15, 0.2) is 192 Å². The summed E-state index contributed by atoms with van der Waals surface area (Å²) in [6.07, 6.45) is 7.02. The fourth-order valence-electron chi connectivity index (χ4n) is 8.70. The van der Waals surface area contributed by atoms with Gasteiger partial charge < -0.3 is 9.80 Å². The van der Waals surface area contributed by atoms with Crippen LogP contribution in [-0.4, -0.2) is 11.8 Å². The van der Waals surface area contributed by atoms with Crippen LogP contribution in [0.2, 0.25) is 0 Å². The van der Waals surface area contributed by atoms with Crippen molar-refractivity contribution in [3.05, 3.63) is 204 Å². The van der Waals surface area contributed by atoms with Crippen LogP contribution in [0, 0.1) is 0 Å². The zero-order valence-corrected chi connectivity index (χ0v) is 29.5. The maximum Gasteiger partial charge on any atom is 0.196 e. The van der Waals surface area contributed by atoms with Gasteiger partial charge in [-0.25, -0.2) is 0 Å². The first-order valence-corrected chi connectivity index (χ1v) is 19.0. The standard InChI is InChI=1S/C49H32N2OS/c52-49-40-13-5-4-12-37(40)38-27-28-39-41-30-34(22-29-42(41)51(48(39)47(38)49)36-25-18-32(19-26-36)31-10-2-1-3-11-31)33-20-23-35(24-21-33)50-43-14-6-8-16-45(43)53-46-17-9-7-15-44(46)50/h1-30,41-42H. The number of ketones is 1. The van der Waals surface area contributed by atoms with Gasteiger partial charge >= 0.3 is 0 Å². The molecule has 4 heteroatoms. The predicted octanol–water partition coefficient (Wildman–Crippen LogP) is 12.8. The lowest BCUT2D eigenvalue weighted by atomic mass is 9.85. The number of carbonyl (C=O) groups excluding carboxylic acids is 1. The number of anilines is 5. The maximum atomic E-state index is 14.2. The van der Waals surface area contributed by atoms with E-state index in [2.05, 4.69) is 168 Å². The smallest absolute Gasteiger partial charge is 0.196 e. The SMILES string of the molecule is O=C1c2ccccc2-c2ccc3c(c21)N(c1ccc(-c2ccccc2)cc1)C1C=CC(c2ccc(N4c5ccccc5Sc5ccccc54)cc2)=CC31. The first kappa shape index (κ1) is 30.3. The summed E-state index contributed by atoms with van der Waals surface area (Å²) < 4.78 is 0. The number of hydrogen-bond acceptors (Lipinski definition) is 4. The molecule has 0 bridgehead atoms. The molecule has 4 aliphatic rings. The molecule has 2 aliphatic heterocycles. The molecule has 2 heterocycles. The Bertz CT molecular complexity index is 2630. The second kappa shape index (κ2) is 11.8. The Morgan fingerprint density at radius 3 is 1.85 bits per heavy atom. The number of allylic oxidation sites excluding steroid dienone is 2. The minimum Gasteiger partial charge on any atom is -0.333 e. The van der Waals surface area contributed by atoms with E-state index in [4.69, 9.17) is 0 Å². The second-order valence-electron chi connectivity index (χ2n) is 14.0. The molecule has 7 aromatic rings. The van der Waals surface area contributed by atoms with Crippen LogP contribution in [0.4, 0.5) is 28.4 Å². The topological polar surface area (TPSA) is 23.6 Å². The van der Waals surface area contributed by atoms with Gasteiger partial charge in [-0.2, -0.15) is 0 Å². The number of rotatable bonds is 4. The average Bonchev–Trinajstić information content (AvgIpc) is 3.71. The lowest BCUT2D eigenvalue weighted by molar-refractivity contribution is 0.104. The van der Waals surface area contributed by atoms with Crippen molar-refractivity contribution in [2.45, 2.75) is 21.8 Å². The Labute approximate surface area is 313 Å². The average molecular weight is 697 g/mol. The number of nitrogens with zero attached hydrogens (tertiary/aromatic N) is 2. The van der Waals surface area contributed by atoms with Gasteiger partial charge in [-0.1, -0.05) is 145 Å². The van der Waals surface area contributed by atoms with Gasteiger partial charge in [-0.05, 0) is 87.5 Å². The molecule has 7 aromatic carbocycles. The molecule has 11 rings (SSSR count). The zero-order valence-electron chi connectivity index (χ0n) is 28.7. The summed E-state index contributed by atoms with van der Waals surface area (Å²) in [5, 5.41) is 0. The third-order valence-corrected chi connectivity index (χ3v) is 12.3. The summed E-state index contributed by atoms with van der Waals surface area (Å²) in [5.74, 6) is 0.193. The van der Waals surface area contributed by atoms with Crippen molar-refractivity contribution in [1.29, 1.82) is 0 Å². The second-order valence-corrected chi connectivity index (χ2v) is 15.1. The van der Waals surface area contributed by atoms with Crippen molar-refractivity contribution in [2.24, 2.45) is 0 Å². The van der Waals surface area contributed by atoms with E-state index in [9.17, 15) is 4.79 Å². The van der Waals surface area contributed by atoms with Crippen molar-refractivity contribution in [3.8, 4) is 22.3 Å². The van der Waals surface area contributed by atoms with E-state index in [-0.39, 0.29) is 17.7 Å². The minimum absolute atomic E-state index is 0.0393. The first-order valence-electron chi connectivity index (χ1n) is 18.1. The number of para-hydroxylation sites is 2. The van der Waals surface area contributed by atoms with Crippen LogP contribution in [0.1, 0.15) is 33.0 Å². The van der Waals surface area contributed by atoms with Gasteiger partial charge in [0.25, 0.3) is 0 Å². The lowest BCUT2D eigenvalue weighted by Gasteiger charge is -2.33. The maximum absolute atomic E-state index is 14.2. The normalized spacial score (nSPS) is 17.4. The number of benzene rings is 7. The quantitative estimate of drug-likeness (QED) is 0.183. The molecule has 0 saturated carbocycles. The van der Waals surface area contributed by atoms with Gasteiger partial charge in [0.15, 0.2) is 5.78 Å². The van der Waals surface area contributed by atoms with Gasteiger partial charge in [0, 0.05) is 32.6 Å². The summed E-state index contributed by atoms with van der Waals surface area (Å²) in [7, 11) is 0. The molecule has 2 unspecified atom stereocenters. The lowest BCUT2D eigenvalue weighted by Crippen LogP contribution is -2.29. The molecule has 53 heavy (non-hydrogen) atoms. The summed E-state index contributed by atoms with van der Waals surface area (Å²) in [5.41, 5.74) is 15.2. The van der Waals surface area contributed by atoms with Crippen molar-refractivity contribution < 1.29 is 4.79 Å². The summed E-state index contributed by atoms with van der Waals surface area (Å²) in [6.45, 7) is 0. The van der Waals surface area contributed by atoms with Crippen LogP contribution in [-0.2, 0) is 0 Å². The van der Waals surface area contributed by atoms with E-state index < -0.39 is 0 Å². The van der Waals surface area contributed by atoms with Gasteiger partial charge in [-0.15, -0.1) is 0 Å². The van der Waals surface area contributed by atoms with Gasteiger partial charge in [0.05, 0.1) is 28.7 Å². The van der Waals surface area contributed by atoms with Crippen molar-refractivity contribution in [2.75, 3.05) is 9.80 Å². The molecule has 0 amide bonds. The fourth-order valence-corrected chi connectivity index (χ4v) is 9.76. The van der Waals surface area contributed by atoms with Crippen LogP contribution >= 0.6 is 11.8 Å². The van der Waals surface area contributed by atoms with E-state index in [0.717, 1.165) is 39.3 Å².